The maximum Gasteiger partial charge on any atom is 0.161 e. The Balaban J connectivity index is 1.97. The minimum absolute atomic E-state index is 0.183. The molecule has 0 aromatic heterocycles. The van der Waals surface area contributed by atoms with Crippen molar-refractivity contribution in [2.75, 3.05) is 20.8 Å². The maximum atomic E-state index is 10.3. The van der Waals surface area contributed by atoms with Gasteiger partial charge in [0, 0.05) is 0 Å². The highest BCUT2D eigenvalue weighted by atomic mass is 16.5. The van der Waals surface area contributed by atoms with Gasteiger partial charge in [-0.05, 0) is 41.8 Å². The van der Waals surface area contributed by atoms with Gasteiger partial charge in [0.05, 0.1) is 14.2 Å². The van der Waals surface area contributed by atoms with E-state index in [1.165, 1.54) is 5.56 Å². The molecule has 0 saturated heterocycles. The average molecular weight is 316 g/mol. The number of methoxy groups -OCH3 is 2. The van der Waals surface area contributed by atoms with Crippen LogP contribution in [0, 0.1) is 0 Å². The molecule has 2 aromatic rings. The Labute approximate surface area is 137 Å². The summed E-state index contributed by atoms with van der Waals surface area (Å²) in [7, 11) is 3.15. The van der Waals surface area contributed by atoms with Crippen molar-refractivity contribution >= 4 is 0 Å². The van der Waals surface area contributed by atoms with Gasteiger partial charge in [-0.2, -0.15) is 0 Å². The van der Waals surface area contributed by atoms with Crippen LogP contribution in [0.4, 0.5) is 0 Å². The number of aliphatic hydroxyl groups excluding tert-OH is 1. The highest BCUT2D eigenvalue weighted by Gasteiger charge is 2.12. The van der Waals surface area contributed by atoms with E-state index < -0.39 is 6.10 Å². The van der Waals surface area contributed by atoms with E-state index in [1.807, 2.05) is 12.1 Å². The molecule has 1 atom stereocenters. The van der Waals surface area contributed by atoms with E-state index in [0.29, 0.717) is 11.5 Å². The Morgan fingerprint density at radius 3 is 2.26 bits per heavy atom. The molecular weight excluding hydrogens is 292 g/mol. The van der Waals surface area contributed by atoms with E-state index in [4.69, 9.17) is 14.2 Å². The second kappa shape index (κ2) is 8.44. The third-order valence-corrected chi connectivity index (χ3v) is 3.66. The first-order valence-corrected chi connectivity index (χ1v) is 7.79. The summed E-state index contributed by atoms with van der Waals surface area (Å²) in [5.74, 6) is 1.98. The lowest BCUT2D eigenvalue weighted by molar-refractivity contribution is 0.108. The van der Waals surface area contributed by atoms with Crippen LogP contribution in [0.5, 0.6) is 17.2 Å². The average Bonchev–Trinajstić information content (AvgIpc) is 2.60. The second-order valence-corrected chi connectivity index (χ2v) is 5.34. The summed E-state index contributed by atoms with van der Waals surface area (Å²) in [4.78, 5) is 0. The fourth-order valence-corrected chi connectivity index (χ4v) is 2.37. The summed E-state index contributed by atoms with van der Waals surface area (Å²) in [6.45, 7) is 2.34. The fraction of sp³-hybridized carbons (Fsp3) is 0.368. The van der Waals surface area contributed by atoms with Crippen molar-refractivity contribution in [3.63, 3.8) is 0 Å². The first kappa shape index (κ1) is 17.2. The Morgan fingerprint density at radius 2 is 1.65 bits per heavy atom. The molecule has 23 heavy (non-hydrogen) atoms. The van der Waals surface area contributed by atoms with Gasteiger partial charge in [0.1, 0.15) is 18.5 Å². The van der Waals surface area contributed by atoms with Gasteiger partial charge >= 0.3 is 0 Å². The normalized spacial score (nSPS) is 11.8. The first-order valence-electron chi connectivity index (χ1n) is 7.79. The van der Waals surface area contributed by atoms with Gasteiger partial charge in [-0.25, -0.2) is 0 Å². The van der Waals surface area contributed by atoms with E-state index in [1.54, 1.807) is 32.4 Å². The van der Waals surface area contributed by atoms with E-state index in [0.717, 1.165) is 24.2 Å². The minimum Gasteiger partial charge on any atom is -0.493 e. The summed E-state index contributed by atoms with van der Waals surface area (Å²) in [6, 6.07) is 13.3. The van der Waals surface area contributed by atoms with Crippen molar-refractivity contribution in [1.82, 2.24) is 0 Å². The van der Waals surface area contributed by atoms with Gasteiger partial charge in [0.2, 0.25) is 0 Å². The smallest absolute Gasteiger partial charge is 0.161 e. The van der Waals surface area contributed by atoms with Crippen LogP contribution >= 0.6 is 0 Å². The van der Waals surface area contributed by atoms with Gasteiger partial charge in [-0.3, -0.25) is 0 Å². The topological polar surface area (TPSA) is 47.9 Å². The molecule has 2 aromatic carbocycles. The first-order chi connectivity index (χ1) is 11.2. The standard InChI is InChI=1S/C19H24O4/c1-4-5-14-6-9-16(10-7-14)23-13-17(20)15-8-11-18(21-2)19(12-15)22-3/h6-12,17,20H,4-5,13H2,1-3H3. The molecule has 0 radical (unpaired) electrons. The molecule has 0 saturated carbocycles. The van der Waals surface area contributed by atoms with E-state index >= 15 is 0 Å². The zero-order chi connectivity index (χ0) is 16.7. The SMILES string of the molecule is CCCc1ccc(OCC(O)c2ccc(OC)c(OC)c2)cc1. The molecule has 4 nitrogen and oxygen atoms in total. The van der Waals surface area contributed by atoms with Crippen molar-refractivity contribution in [1.29, 1.82) is 0 Å². The highest BCUT2D eigenvalue weighted by molar-refractivity contribution is 5.43. The Hall–Kier alpha value is -2.20. The van der Waals surface area contributed by atoms with Crippen molar-refractivity contribution in [3.05, 3.63) is 53.6 Å². The highest BCUT2D eigenvalue weighted by Crippen LogP contribution is 2.30. The molecule has 0 aliphatic rings. The van der Waals surface area contributed by atoms with Crippen LogP contribution in [0.2, 0.25) is 0 Å². The molecule has 2 rings (SSSR count). The van der Waals surface area contributed by atoms with Crippen molar-refractivity contribution in [2.24, 2.45) is 0 Å². The van der Waals surface area contributed by atoms with Crippen LogP contribution in [-0.4, -0.2) is 25.9 Å². The van der Waals surface area contributed by atoms with Gasteiger partial charge < -0.3 is 19.3 Å². The lowest BCUT2D eigenvalue weighted by Gasteiger charge is -2.15. The van der Waals surface area contributed by atoms with Crippen LogP contribution in [0.1, 0.15) is 30.6 Å². The number of ether oxygens (including phenoxy) is 3. The fourth-order valence-electron chi connectivity index (χ4n) is 2.37. The minimum atomic E-state index is -0.731. The molecule has 0 bridgehead atoms. The Bertz CT molecular complexity index is 607. The Morgan fingerprint density at radius 1 is 0.957 bits per heavy atom. The van der Waals surface area contributed by atoms with Crippen molar-refractivity contribution in [3.8, 4) is 17.2 Å². The third kappa shape index (κ3) is 4.63. The molecule has 1 unspecified atom stereocenters. The van der Waals surface area contributed by atoms with Crippen LogP contribution in [0.15, 0.2) is 42.5 Å². The molecule has 124 valence electrons. The molecule has 0 fully saturated rings. The van der Waals surface area contributed by atoms with Crippen LogP contribution in [-0.2, 0) is 6.42 Å². The number of aryl methyl sites for hydroxylation is 1. The zero-order valence-electron chi connectivity index (χ0n) is 13.9. The lowest BCUT2D eigenvalue weighted by atomic mass is 10.1. The van der Waals surface area contributed by atoms with E-state index in [9.17, 15) is 5.11 Å². The molecule has 0 aliphatic heterocycles. The summed E-state index contributed by atoms with van der Waals surface area (Å²) in [6.07, 6.45) is 1.46. The van der Waals surface area contributed by atoms with Gasteiger partial charge in [0.15, 0.2) is 11.5 Å². The van der Waals surface area contributed by atoms with Crippen LogP contribution in [0.3, 0.4) is 0 Å². The number of hydrogen-bond acceptors (Lipinski definition) is 4. The zero-order valence-corrected chi connectivity index (χ0v) is 13.9. The van der Waals surface area contributed by atoms with Gasteiger partial charge in [-0.1, -0.05) is 31.5 Å². The number of aliphatic hydroxyl groups is 1. The second-order valence-electron chi connectivity index (χ2n) is 5.34. The Kier molecular flexibility index (Phi) is 6.29. The van der Waals surface area contributed by atoms with E-state index in [-0.39, 0.29) is 6.61 Å². The molecule has 0 amide bonds. The number of hydrogen-bond donors (Lipinski definition) is 1. The number of benzene rings is 2. The maximum absolute atomic E-state index is 10.3. The largest absolute Gasteiger partial charge is 0.493 e. The van der Waals surface area contributed by atoms with Crippen molar-refractivity contribution < 1.29 is 19.3 Å². The molecular formula is C19H24O4. The summed E-state index contributed by atoms with van der Waals surface area (Å²) < 4.78 is 16.1. The van der Waals surface area contributed by atoms with Crippen LogP contribution in [0.25, 0.3) is 0 Å². The lowest BCUT2D eigenvalue weighted by Crippen LogP contribution is -2.10. The molecule has 4 heteroatoms. The molecule has 0 spiro atoms. The molecule has 0 aliphatic carbocycles. The van der Waals surface area contributed by atoms with Crippen LogP contribution < -0.4 is 14.2 Å². The van der Waals surface area contributed by atoms with Gasteiger partial charge in [0.25, 0.3) is 0 Å². The summed E-state index contributed by atoms with van der Waals surface area (Å²) in [5, 5.41) is 10.3. The monoisotopic (exact) mass is 316 g/mol. The quantitative estimate of drug-likeness (QED) is 0.805. The van der Waals surface area contributed by atoms with Gasteiger partial charge in [-0.15, -0.1) is 0 Å². The number of rotatable bonds is 8. The molecule has 0 heterocycles. The third-order valence-electron chi connectivity index (χ3n) is 3.66. The molecule has 1 N–H and O–H groups in total. The van der Waals surface area contributed by atoms with E-state index in [2.05, 4.69) is 19.1 Å². The summed E-state index contributed by atoms with van der Waals surface area (Å²) in [5.41, 5.74) is 2.02. The predicted molar refractivity (Wildman–Crippen MR) is 90.4 cm³/mol. The van der Waals surface area contributed by atoms with Crippen molar-refractivity contribution in [2.45, 2.75) is 25.9 Å². The predicted octanol–water partition coefficient (Wildman–Crippen LogP) is 3.77. The summed E-state index contributed by atoms with van der Waals surface area (Å²) >= 11 is 0.